The minimum absolute atomic E-state index is 0.190. The van der Waals surface area contributed by atoms with Gasteiger partial charge in [0.05, 0.1) is 0 Å². The van der Waals surface area contributed by atoms with E-state index < -0.39 is 8.24 Å². The Morgan fingerprint density at radius 1 is 0.938 bits per heavy atom. The van der Waals surface area contributed by atoms with E-state index in [0.29, 0.717) is 11.6 Å². The lowest BCUT2D eigenvalue weighted by atomic mass is 9.85. The molecule has 2 aliphatic carbocycles. The Kier molecular flexibility index (Phi) is 6.58. The Morgan fingerprint density at radius 3 is 2.22 bits per heavy atom. The van der Waals surface area contributed by atoms with Crippen molar-refractivity contribution in [3.05, 3.63) is 64.7 Å². The molecule has 1 nitrogen and oxygen atoms in total. The van der Waals surface area contributed by atoms with Crippen molar-refractivity contribution in [3.8, 4) is 11.1 Å². The predicted octanol–water partition coefficient (Wildman–Crippen LogP) is 8.45. The molecular formula is C30H43NSi. The van der Waals surface area contributed by atoms with Gasteiger partial charge in [0.25, 0.3) is 0 Å². The van der Waals surface area contributed by atoms with E-state index in [4.69, 9.17) is 0 Å². The molecule has 1 fully saturated rings. The number of nitrogens with one attached hydrogen (secondary N) is 1. The third kappa shape index (κ3) is 4.68. The van der Waals surface area contributed by atoms with Crippen LogP contribution in [0, 0.1) is 5.92 Å². The van der Waals surface area contributed by atoms with Gasteiger partial charge in [-0.1, -0.05) is 114 Å². The summed E-state index contributed by atoms with van der Waals surface area (Å²) in [6, 6.07) is 16.9. The van der Waals surface area contributed by atoms with Crippen molar-refractivity contribution in [1.82, 2.24) is 4.98 Å². The summed E-state index contributed by atoms with van der Waals surface area (Å²) < 4.78 is 0. The van der Waals surface area contributed by atoms with E-state index in [-0.39, 0.29) is 5.41 Å². The van der Waals surface area contributed by atoms with Crippen LogP contribution in [0.2, 0.25) is 13.1 Å². The van der Waals surface area contributed by atoms with E-state index in [1.807, 2.05) is 0 Å². The fraction of sp³-hybridized carbons (Fsp3) is 0.533. The van der Waals surface area contributed by atoms with Crippen LogP contribution in [0.4, 0.5) is 0 Å². The average molecular weight is 446 g/mol. The van der Waals surface area contributed by atoms with Gasteiger partial charge in [-0.15, -0.1) is 0 Å². The third-order valence-corrected chi connectivity index (χ3v) is 11.4. The highest BCUT2D eigenvalue weighted by Crippen LogP contribution is 2.45. The molecule has 1 saturated carbocycles. The maximum absolute atomic E-state index is 4.22. The summed E-state index contributed by atoms with van der Waals surface area (Å²) in [5, 5.41) is 0. The molecule has 32 heavy (non-hydrogen) atoms. The molecule has 0 aromatic heterocycles. The SMILES string of the molecule is CC1=Cc2c(-c3ccc(C(C)(C)C)cc3)cccc2C1[Si](C)(C)NC(C)C1CCCCC1. The highest BCUT2D eigenvalue weighted by atomic mass is 28.3. The number of hydrogen-bond donors (Lipinski definition) is 1. The quantitative estimate of drug-likeness (QED) is 0.455. The Hall–Kier alpha value is -1.64. The van der Waals surface area contributed by atoms with Gasteiger partial charge in [0.2, 0.25) is 0 Å². The van der Waals surface area contributed by atoms with Gasteiger partial charge in [0.15, 0.2) is 0 Å². The van der Waals surface area contributed by atoms with Crippen LogP contribution in [0.15, 0.2) is 48.0 Å². The van der Waals surface area contributed by atoms with Gasteiger partial charge in [-0.2, -0.15) is 0 Å². The van der Waals surface area contributed by atoms with E-state index in [0.717, 1.165) is 5.92 Å². The molecule has 0 aliphatic heterocycles. The molecule has 2 atom stereocenters. The lowest BCUT2D eigenvalue weighted by molar-refractivity contribution is 0.301. The van der Waals surface area contributed by atoms with Crippen molar-refractivity contribution in [2.75, 3.05) is 0 Å². The van der Waals surface area contributed by atoms with Crippen LogP contribution in [-0.2, 0) is 5.41 Å². The molecule has 172 valence electrons. The Labute approximate surface area is 197 Å². The maximum Gasteiger partial charge on any atom is 0.131 e. The molecule has 2 aliphatic rings. The lowest BCUT2D eigenvalue weighted by Gasteiger charge is -2.39. The van der Waals surface area contributed by atoms with Gasteiger partial charge in [-0.05, 0) is 58.9 Å². The summed E-state index contributed by atoms with van der Waals surface area (Å²) in [5.41, 5.74) is 9.39. The van der Waals surface area contributed by atoms with E-state index in [2.05, 4.69) is 101 Å². The first-order valence-corrected chi connectivity index (χ1v) is 15.9. The highest BCUT2D eigenvalue weighted by molar-refractivity contribution is 6.77. The molecule has 2 heteroatoms. The molecule has 2 aromatic rings. The molecule has 0 spiro atoms. The summed E-state index contributed by atoms with van der Waals surface area (Å²) in [6.07, 6.45) is 9.56. The van der Waals surface area contributed by atoms with E-state index in [9.17, 15) is 0 Å². The standard InChI is InChI=1S/C30H43NSi/c1-21-20-28-26(24-16-18-25(19-17-24)30(3,4)5)14-11-15-27(28)29(21)32(6,7)31-22(2)23-12-9-8-10-13-23/h11,14-20,22-23,29,31H,8-10,12-13H2,1-7H3. The number of rotatable bonds is 5. The summed E-state index contributed by atoms with van der Waals surface area (Å²) in [5.74, 6) is 0.855. The van der Waals surface area contributed by atoms with Crippen LogP contribution in [0.5, 0.6) is 0 Å². The minimum atomic E-state index is -1.71. The Bertz CT molecular complexity index is 971. The van der Waals surface area contributed by atoms with Crippen LogP contribution in [0.1, 0.15) is 89.0 Å². The minimum Gasteiger partial charge on any atom is -0.334 e. The molecule has 0 radical (unpaired) electrons. The van der Waals surface area contributed by atoms with Gasteiger partial charge < -0.3 is 4.98 Å². The molecule has 1 N–H and O–H groups in total. The summed E-state index contributed by atoms with van der Waals surface area (Å²) in [4.78, 5) is 4.22. The second-order valence-corrected chi connectivity index (χ2v) is 16.3. The molecule has 2 unspecified atom stereocenters. The van der Waals surface area contributed by atoms with Crippen molar-refractivity contribution < 1.29 is 0 Å². The monoisotopic (exact) mass is 445 g/mol. The van der Waals surface area contributed by atoms with Crippen molar-refractivity contribution >= 4 is 14.3 Å². The highest BCUT2D eigenvalue weighted by Gasteiger charge is 2.40. The average Bonchev–Trinajstić information content (AvgIpc) is 3.10. The van der Waals surface area contributed by atoms with E-state index in [1.54, 1.807) is 11.1 Å². The van der Waals surface area contributed by atoms with Crippen molar-refractivity contribution in [1.29, 1.82) is 0 Å². The predicted molar refractivity (Wildman–Crippen MR) is 144 cm³/mol. The normalized spacial score (nSPS) is 20.7. The zero-order valence-electron chi connectivity index (χ0n) is 21.4. The van der Waals surface area contributed by atoms with Crippen molar-refractivity contribution in [3.63, 3.8) is 0 Å². The van der Waals surface area contributed by atoms with E-state index >= 15 is 0 Å². The molecule has 4 rings (SSSR count). The number of fused-ring (bicyclic) bond motifs is 1. The molecule has 0 amide bonds. The molecule has 2 aromatic carbocycles. The van der Waals surface area contributed by atoms with Gasteiger partial charge >= 0.3 is 0 Å². The van der Waals surface area contributed by atoms with Crippen LogP contribution < -0.4 is 4.98 Å². The van der Waals surface area contributed by atoms with Crippen molar-refractivity contribution in [2.45, 2.75) is 96.8 Å². The van der Waals surface area contributed by atoms with Gasteiger partial charge in [-0.3, -0.25) is 0 Å². The fourth-order valence-corrected chi connectivity index (χ4v) is 10.2. The smallest absolute Gasteiger partial charge is 0.131 e. The topological polar surface area (TPSA) is 12.0 Å². The van der Waals surface area contributed by atoms with Gasteiger partial charge in [-0.25, -0.2) is 0 Å². The number of benzene rings is 2. The van der Waals surface area contributed by atoms with Crippen LogP contribution in [0.25, 0.3) is 17.2 Å². The molecule has 0 bridgehead atoms. The zero-order valence-corrected chi connectivity index (χ0v) is 22.4. The fourth-order valence-electron chi connectivity index (χ4n) is 6.33. The van der Waals surface area contributed by atoms with Crippen molar-refractivity contribution in [2.24, 2.45) is 5.92 Å². The number of allylic oxidation sites excluding steroid dienone is 1. The van der Waals surface area contributed by atoms with Crippen LogP contribution >= 0.6 is 0 Å². The van der Waals surface area contributed by atoms with Gasteiger partial charge in [0, 0.05) is 11.6 Å². The second-order valence-electron chi connectivity index (χ2n) is 12.0. The first kappa shape index (κ1) is 23.5. The van der Waals surface area contributed by atoms with Crippen LogP contribution in [0.3, 0.4) is 0 Å². The Balaban J connectivity index is 1.62. The maximum atomic E-state index is 4.22. The molecule has 0 saturated heterocycles. The zero-order chi connectivity index (χ0) is 23.1. The number of hydrogen-bond acceptors (Lipinski definition) is 1. The first-order chi connectivity index (χ1) is 15.1. The summed E-state index contributed by atoms with van der Waals surface area (Å²) >= 11 is 0. The third-order valence-electron chi connectivity index (χ3n) is 8.02. The van der Waals surface area contributed by atoms with Crippen LogP contribution in [-0.4, -0.2) is 14.3 Å². The molecular weight excluding hydrogens is 402 g/mol. The largest absolute Gasteiger partial charge is 0.334 e. The molecule has 0 heterocycles. The lowest BCUT2D eigenvalue weighted by Crippen LogP contribution is -2.56. The van der Waals surface area contributed by atoms with E-state index in [1.165, 1.54) is 54.4 Å². The Morgan fingerprint density at radius 2 is 1.59 bits per heavy atom. The summed E-state index contributed by atoms with van der Waals surface area (Å²) in [7, 11) is -1.71. The summed E-state index contributed by atoms with van der Waals surface area (Å²) in [6.45, 7) is 16.8. The second kappa shape index (κ2) is 8.95. The van der Waals surface area contributed by atoms with Gasteiger partial charge in [0.1, 0.15) is 8.24 Å². The first-order valence-electron chi connectivity index (χ1n) is 12.8.